The van der Waals surface area contributed by atoms with Crippen molar-refractivity contribution in [3.8, 4) is 0 Å². The molecule has 6 N–H and O–H groups in total. The van der Waals surface area contributed by atoms with Crippen molar-refractivity contribution in [3.05, 3.63) is 57.6 Å². The standard InChI is InChI=1S/C17H18N2O4/c1-8-3-10(6-12(14(8)18)16(20)21)5-11-4-9(2)15(19)13(7-11)17(22)23/h3-4,6-7H,5,18-19H2,1-2H3,(H,20,21)(H,22,23). The third-order valence-electron chi connectivity index (χ3n) is 3.76. The zero-order valence-corrected chi connectivity index (χ0v) is 12.9. The molecular weight excluding hydrogens is 296 g/mol. The first-order valence-corrected chi connectivity index (χ1v) is 6.95. The SMILES string of the molecule is Cc1cc(Cc2cc(C)c(N)c(C(=O)O)c2)cc(C(=O)O)c1N. The van der Waals surface area contributed by atoms with E-state index in [9.17, 15) is 19.8 Å². The van der Waals surface area contributed by atoms with E-state index in [2.05, 4.69) is 0 Å². The molecule has 0 saturated heterocycles. The van der Waals surface area contributed by atoms with Gasteiger partial charge in [-0.05, 0) is 54.7 Å². The number of hydrogen-bond acceptors (Lipinski definition) is 4. The predicted octanol–water partition coefficient (Wildman–Crippen LogP) is 2.46. The van der Waals surface area contributed by atoms with Crippen LogP contribution in [-0.2, 0) is 6.42 Å². The second-order valence-electron chi connectivity index (χ2n) is 5.53. The molecular formula is C17H18N2O4. The molecule has 0 bridgehead atoms. The number of nitrogens with two attached hydrogens (primary N) is 2. The Morgan fingerprint density at radius 3 is 1.48 bits per heavy atom. The Labute approximate surface area is 133 Å². The minimum absolute atomic E-state index is 0.0469. The van der Waals surface area contributed by atoms with Crippen molar-refractivity contribution in [1.82, 2.24) is 0 Å². The molecule has 0 spiro atoms. The van der Waals surface area contributed by atoms with Gasteiger partial charge in [0.15, 0.2) is 0 Å². The molecule has 6 heteroatoms. The van der Waals surface area contributed by atoms with Gasteiger partial charge in [0, 0.05) is 11.4 Å². The van der Waals surface area contributed by atoms with Crippen LogP contribution in [0.5, 0.6) is 0 Å². The van der Waals surface area contributed by atoms with Crippen LogP contribution in [0.2, 0.25) is 0 Å². The highest BCUT2D eigenvalue weighted by atomic mass is 16.4. The van der Waals surface area contributed by atoms with Gasteiger partial charge in [0.05, 0.1) is 11.1 Å². The summed E-state index contributed by atoms with van der Waals surface area (Å²) in [5, 5.41) is 18.4. The normalized spacial score (nSPS) is 10.5. The van der Waals surface area contributed by atoms with Crippen molar-refractivity contribution >= 4 is 23.3 Å². The topological polar surface area (TPSA) is 127 Å². The maximum atomic E-state index is 11.2. The number of aromatic carboxylic acids is 2. The van der Waals surface area contributed by atoms with Crippen LogP contribution < -0.4 is 11.5 Å². The molecule has 2 rings (SSSR count). The molecule has 0 aliphatic carbocycles. The molecule has 23 heavy (non-hydrogen) atoms. The molecule has 0 aromatic heterocycles. The van der Waals surface area contributed by atoms with E-state index < -0.39 is 11.9 Å². The van der Waals surface area contributed by atoms with Crippen LogP contribution in [0.15, 0.2) is 24.3 Å². The number of carboxylic acid groups (broad SMARTS) is 2. The van der Waals surface area contributed by atoms with Gasteiger partial charge in [-0.1, -0.05) is 12.1 Å². The Balaban J connectivity index is 2.48. The fourth-order valence-electron chi connectivity index (χ4n) is 2.54. The average Bonchev–Trinajstić information content (AvgIpc) is 2.45. The molecule has 0 fully saturated rings. The lowest BCUT2D eigenvalue weighted by molar-refractivity contribution is 0.0687. The summed E-state index contributed by atoms with van der Waals surface area (Å²) in [5.74, 6) is -2.18. The van der Waals surface area contributed by atoms with Crippen LogP contribution in [0.25, 0.3) is 0 Å². The van der Waals surface area contributed by atoms with Gasteiger partial charge in [-0.2, -0.15) is 0 Å². The summed E-state index contributed by atoms with van der Waals surface area (Å²) in [6.07, 6.45) is 0.392. The number of nitrogen functional groups attached to an aromatic ring is 2. The van der Waals surface area contributed by atoms with E-state index >= 15 is 0 Å². The van der Waals surface area contributed by atoms with Crippen LogP contribution >= 0.6 is 0 Å². The molecule has 0 atom stereocenters. The van der Waals surface area contributed by atoms with Gasteiger partial charge in [0.25, 0.3) is 0 Å². The number of benzene rings is 2. The zero-order valence-electron chi connectivity index (χ0n) is 12.9. The molecule has 120 valence electrons. The monoisotopic (exact) mass is 314 g/mol. The van der Waals surface area contributed by atoms with Crippen molar-refractivity contribution in [1.29, 1.82) is 0 Å². The third kappa shape index (κ3) is 3.26. The molecule has 0 saturated carbocycles. The number of carboxylic acids is 2. The lowest BCUT2D eigenvalue weighted by Crippen LogP contribution is -2.07. The first-order chi connectivity index (χ1) is 10.7. The van der Waals surface area contributed by atoms with E-state index in [1.165, 1.54) is 12.1 Å². The minimum atomic E-state index is -1.09. The molecule has 0 radical (unpaired) electrons. The van der Waals surface area contributed by atoms with Crippen LogP contribution in [0.1, 0.15) is 43.0 Å². The highest BCUT2D eigenvalue weighted by molar-refractivity contribution is 5.95. The van der Waals surface area contributed by atoms with Gasteiger partial charge < -0.3 is 21.7 Å². The number of rotatable bonds is 4. The highest BCUT2D eigenvalue weighted by Crippen LogP contribution is 2.25. The summed E-state index contributed by atoms with van der Waals surface area (Å²) in [4.78, 5) is 22.5. The van der Waals surface area contributed by atoms with Crippen LogP contribution in [0.3, 0.4) is 0 Å². The summed E-state index contributed by atoms with van der Waals surface area (Å²) in [6, 6.07) is 6.62. The molecule has 0 heterocycles. The van der Waals surface area contributed by atoms with Crippen LogP contribution in [0.4, 0.5) is 11.4 Å². The first kappa shape index (κ1) is 16.4. The maximum absolute atomic E-state index is 11.2. The first-order valence-electron chi connectivity index (χ1n) is 6.95. The van der Waals surface area contributed by atoms with Crippen LogP contribution in [-0.4, -0.2) is 22.2 Å². The smallest absolute Gasteiger partial charge is 0.337 e. The summed E-state index contributed by atoms with van der Waals surface area (Å²) < 4.78 is 0. The predicted molar refractivity (Wildman–Crippen MR) is 87.9 cm³/mol. The Hall–Kier alpha value is -3.02. The lowest BCUT2D eigenvalue weighted by atomic mass is 9.95. The molecule has 6 nitrogen and oxygen atoms in total. The molecule has 0 aliphatic heterocycles. The van der Waals surface area contributed by atoms with E-state index in [0.29, 0.717) is 17.5 Å². The Morgan fingerprint density at radius 1 is 0.826 bits per heavy atom. The van der Waals surface area contributed by atoms with Gasteiger partial charge in [0.1, 0.15) is 0 Å². The maximum Gasteiger partial charge on any atom is 0.337 e. The van der Waals surface area contributed by atoms with E-state index in [1.807, 2.05) is 0 Å². The van der Waals surface area contributed by atoms with Crippen LogP contribution in [0, 0.1) is 13.8 Å². The van der Waals surface area contributed by atoms with Crippen molar-refractivity contribution < 1.29 is 19.8 Å². The summed E-state index contributed by atoms with van der Waals surface area (Å²) in [7, 11) is 0. The molecule has 0 aliphatic rings. The summed E-state index contributed by atoms with van der Waals surface area (Å²) in [6.45, 7) is 3.48. The van der Waals surface area contributed by atoms with Gasteiger partial charge in [-0.15, -0.1) is 0 Å². The third-order valence-corrected chi connectivity index (χ3v) is 3.76. The highest BCUT2D eigenvalue weighted by Gasteiger charge is 2.15. The summed E-state index contributed by atoms with van der Waals surface area (Å²) in [5.41, 5.74) is 15.0. The van der Waals surface area contributed by atoms with E-state index in [4.69, 9.17) is 11.5 Å². The zero-order chi connectivity index (χ0) is 17.3. The van der Waals surface area contributed by atoms with Crippen molar-refractivity contribution in [3.63, 3.8) is 0 Å². The fourth-order valence-corrected chi connectivity index (χ4v) is 2.54. The second kappa shape index (κ2) is 6.00. The van der Waals surface area contributed by atoms with E-state index in [0.717, 1.165) is 11.1 Å². The molecule has 0 amide bonds. The Morgan fingerprint density at radius 2 is 1.17 bits per heavy atom. The van der Waals surface area contributed by atoms with Gasteiger partial charge in [0.2, 0.25) is 0 Å². The number of hydrogen-bond donors (Lipinski definition) is 4. The van der Waals surface area contributed by atoms with E-state index in [-0.39, 0.29) is 22.5 Å². The second-order valence-corrected chi connectivity index (χ2v) is 5.53. The molecule has 2 aromatic rings. The van der Waals surface area contributed by atoms with Gasteiger partial charge in [-0.3, -0.25) is 0 Å². The molecule has 2 aromatic carbocycles. The average molecular weight is 314 g/mol. The lowest BCUT2D eigenvalue weighted by Gasteiger charge is -2.12. The van der Waals surface area contributed by atoms with Crippen molar-refractivity contribution in [2.75, 3.05) is 11.5 Å². The van der Waals surface area contributed by atoms with Gasteiger partial charge >= 0.3 is 11.9 Å². The van der Waals surface area contributed by atoms with Crippen molar-refractivity contribution in [2.24, 2.45) is 0 Å². The number of aryl methyl sites for hydroxylation is 2. The number of anilines is 2. The minimum Gasteiger partial charge on any atom is -0.478 e. The largest absolute Gasteiger partial charge is 0.478 e. The van der Waals surface area contributed by atoms with Crippen molar-refractivity contribution in [2.45, 2.75) is 20.3 Å². The molecule has 0 unspecified atom stereocenters. The fraction of sp³-hybridized carbons (Fsp3) is 0.176. The Bertz CT molecular complexity index is 745. The Kier molecular flexibility index (Phi) is 4.27. The number of carbonyl (C=O) groups is 2. The quantitative estimate of drug-likeness (QED) is 0.642. The summed E-state index contributed by atoms with van der Waals surface area (Å²) >= 11 is 0. The van der Waals surface area contributed by atoms with Gasteiger partial charge in [-0.25, -0.2) is 9.59 Å². The van der Waals surface area contributed by atoms with E-state index in [1.54, 1.807) is 26.0 Å².